The fourth-order valence-corrected chi connectivity index (χ4v) is 3.26. The summed E-state index contributed by atoms with van der Waals surface area (Å²) in [5.41, 5.74) is -0.456. The number of hydrogen-bond donors (Lipinski definition) is 1. The second-order valence-electron chi connectivity index (χ2n) is 7.36. The number of alkyl carbamates (subject to hydrolysis) is 1. The number of carbonyl (C=O) groups is 2. The van der Waals surface area contributed by atoms with Gasteiger partial charge in [-0.25, -0.2) is 4.79 Å². The van der Waals surface area contributed by atoms with Gasteiger partial charge in [0.1, 0.15) is 5.60 Å². The predicted molar refractivity (Wildman–Crippen MR) is 84.6 cm³/mol. The summed E-state index contributed by atoms with van der Waals surface area (Å²) in [7, 11) is 0. The Balaban J connectivity index is 1.74. The van der Waals surface area contributed by atoms with E-state index in [0.29, 0.717) is 6.04 Å². The molecule has 1 N–H and O–H groups in total. The first-order valence-electron chi connectivity index (χ1n) is 8.23. The fraction of sp³-hybridized carbons (Fsp3) is 0.875. The number of amides is 2. The van der Waals surface area contributed by atoms with E-state index < -0.39 is 5.60 Å². The van der Waals surface area contributed by atoms with E-state index in [-0.39, 0.29) is 18.0 Å². The van der Waals surface area contributed by atoms with Crippen molar-refractivity contribution < 1.29 is 14.3 Å². The lowest BCUT2D eigenvalue weighted by atomic mass is 10.0. The number of rotatable bonds is 2. The molecule has 2 aliphatic rings. The van der Waals surface area contributed by atoms with Gasteiger partial charge in [0.2, 0.25) is 5.91 Å². The largest absolute Gasteiger partial charge is 0.444 e. The maximum atomic E-state index is 11.8. The van der Waals surface area contributed by atoms with E-state index in [2.05, 4.69) is 10.2 Å². The van der Waals surface area contributed by atoms with Crippen LogP contribution in [0.15, 0.2) is 0 Å². The van der Waals surface area contributed by atoms with Crippen LogP contribution in [-0.2, 0) is 9.53 Å². The van der Waals surface area contributed by atoms with Gasteiger partial charge >= 0.3 is 6.09 Å². The Bertz CT molecular complexity index is 411. The SMILES string of the molecule is CC(=O)N1CCC(N2CCC(NC(=O)OC(C)(C)C)C2)CC1. The molecule has 2 rings (SSSR count). The average molecular weight is 311 g/mol. The summed E-state index contributed by atoms with van der Waals surface area (Å²) in [5.74, 6) is 0.171. The van der Waals surface area contributed by atoms with Crippen molar-refractivity contribution in [2.24, 2.45) is 0 Å². The zero-order chi connectivity index (χ0) is 16.3. The standard InChI is InChI=1S/C16H29N3O3/c1-12(20)18-9-6-14(7-10-18)19-8-5-13(11-19)17-15(21)22-16(2,3)4/h13-14H,5-11H2,1-4H3,(H,17,21). The molecule has 22 heavy (non-hydrogen) atoms. The normalized spacial score (nSPS) is 24.4. The minimum absolute atomic E-state index is 0.167. The number of ether oxygens (including phenoxy) is 1. The predicted octanol–water partition coefficient (Wildman–Crippen LogP) is 1.60. The molecule has 0 saturated carbocycles. The Morgan fingerprint density at radius 2 is 1.73 bits per heavy atom. The second-order valence-corrected chi connectivity index (χ2v) is 7.36. The highest BCUT2D eigenvalue weighted by Gasteiger charge is 2.32. The monoisotopic (exact) mass is 311 g/mol. The van der Waals surface area contributed by atoms with Crippen LogP contribution in [0.2, 0.25) is 0 Å². The number of carbonyl (C=O) groups excluding carboxylic acids is 2. The number of nitrogens with zero attached hydrogens (tertiary/aromatic N) is 2. The van der Waals surface area contributed by atoms with Crippen LogP contribution < -0.4 is 5.32 Å². The second kappa shape index (κ2) is 6.86. The molecular weight excluding hydrogens is 282 g/mol. The highest BCUT2D eigenvalue weighted by Crippen LogP contribution is 2.21. The van der Waals surface area contributed by atoms with Crippen molar-refractivity contribution in [2.45, 2.75) is 64.6 Å². The fourth-order valence-electron chi connectivity index (χ4n) is 3.26. The molecule has 0 aliphatic carbocycles. The maximum Gasteiger partial charge on any atom is 0.407 e. The molecule has 2 amide bonds. The molecule has 2 heterocycles. The third-order valence-electron chi connectivity index (χ3n) is 4.37. The van der Waals surface area contributed by atoms with Crippen LogP contribution in [-0.4, -0.2) is 65.7 Å². The third-order valence-corrected chi connectivity index (χ3v) is 4.37. The summed E-state index contributed by atoms with van der Waals surface area (Å²) in [6.07, 6.45) is 2.69. The number of piperidine rings is 1. The zero-order valence-electron chi connectivity index (χ0n) is 14.2. The summed E-state index contributed by atoms with van der Waals surface area (Å²) in [6.45, 7) is 10.8. The average Bonchev–Trinajstić information content (AvgIpc) is 2.85. The summed E-state index contributed by atoms with van der Waals surface area (Å²) in [4.78, 5) is 27.5. The zero-order valence-corrected chi connectivity index (χ0v) is 14.2. The van der Waals surface area contributed by atoms with E-state index in [1.807, 2.05) is 25.7 Å². The third kappa shape index (κ3) is 4.87. The molecule has 1 unspecified atom stereocenters. The Morgan fingerprint density at radius 3 is 2.27 bits per heavy atom. The van der Waals surface area contributed by atoms with Crippen molar-refractivity contribution in [3.05, 3.63) is 0 Å². The molecule has 2 fully saturated rings. The van der Waals surface area contributed by atoms with Crippen LogP contribution in [0.25, 0.3) is 0 Å². The molecule has 6 heteroatoms. The van der Waals surface area contributed by atoms with Crippen molar-refractivity contribution in [3.63, 3.8) is 0 Å². The highest BCUT2D eigenvalue weighted by atomic mass is 16.6. The molecule has 2 saturated heterocycles. The van der Waals surface area contributed by atoms with E-state index in [0.717, 1.165) is 45.4 Å². The van der Waals surface area contributed by atoms with Crippen LogP contribution in [0.4, 0.5) is 4.79 Å². The van der Waals surface area contributed by atoms with Crippen LogP contribution in [0.1, 0.15) is 47.0 Å². The van der Waals surface area contributed by atoms with E-state index >= 15 is 0 Å². The minimum atomic E-state index is -0.456. The van der Waals surface area contributed by atoms with E-state index in [4.69, 9.17) is 4.74 Å². The maximum absolute atomic E-state index is 11.8. The van der Waals surface area contributed by atoms with Crippen LogP contribution in [0, 0.1) is 0 Å². The quantitative estimate of drug-likeness (QED) is 0.841. The molecule has 0 aromatic rings. The first-order valence-corrected chi connectivity index (χ1v) is 8.23. The smallest absolute Gasteiger partial charge is 0.407 e. The van der Waals surface area contributed by atoms with Gasteiger partial charge in [0.25, 0.3) is 0 Å². The molecular formula is C16H29N3O3. The molecule has 126 valence electrons. The molecule has 1 atom stereocenters. The summed E-state index contributed by atoms with van der Waals surface area (Å²) in [5, 5.41) is 2.96. The van der Waals surface area contributed by atoms with Gasteiger partial charge in [0.05, 0.1) is 0 Å². The van der Waals surface area contributed by atoms with Crippen molar-refractivity contribution >= 4 is 12.0 Å². The van der Waals surface area contributed by atoms with Crippen LogP contribution in [0.3, 0.4) is 0 Å². The number of nitrogens with one attached hydrogen (secondary N) is 1. The van der Waals surface area contributed by atoms with Gasteiger partial charge in [0, 0.05) is 45.2 Å². The molecule has 0 aromatic carbocycles. The van der Waals surface area contributed by atoms with Gasteiger partial charge in [-0.15, -0.1) is 0 Å². The molecule has 0 radical (unpaired) electrons. The lowest BCUT2D eigenvalue weighted by Gasteiger charge is -2.36. The van der Waals surface area contributed by atoms with Gasteiger partial charge in [-0.3, -0.25) is 9.69 Å². The topological polar surface area (TPSA) is 61.9 Å². The van der Waals surface area contributed by atoms with Gasteiger partial charge in [-0.2, -0.15) is 0 Å². The Kier molecular flexibility index (Phi) is 5.32. The van der Waals surface area contributed by atoms with E-state index in [1.165, 1.54) is 0 Å². The van der Waals surface area contributed by atoms with Crippen LogP contribution >= 0.6 is 0 Å². The molecule has 6 nitrogen and oxygen atoms in total. The van der Waals surface area contributed by atoms with E-state index in [1.54, 1.807) is 6.92 Å². The summed E-state index contributed by atoms with van der Waals surface area (Å²) < 4.78 is 5.31. The minimum Gasteiger partial charge on any atom is -0.444 e. The molecule has 0 spiro atoms. The lowest BCUT2D eigenvalue weighted by molar-refractivity contribution is -0.130. The van der Waals surface area contributed by atoms with Gasteiger partial charge in [0.15, 0.2) is 0 Å². The van der Waals surface area contributed by atoms with Crippen LogP contribution in [0.5, 0.6) is 0 Å². The lowest BCUT2D eigenvalue weighted by Crippen LogP contribution is -2.47. The van der Waals surface area contributed by atoms with E-state index in [9.17, 15) is 9.59 Å². The first kappa shape index (κ1) is 17.1. The highest BCUT2D eigenvalue weighted by molar-refractivity contribution is 5.73. The van der Waals surface area contributed by atoms with Crippen molar-refractivity contribution in [2.75, 3.05) is 26.2 Å². The molecule has 2 aliphatic heterocycles. The Labute approximate surface area is 133 Å². The molecule has 0 bridgehead atoms. The van der Waals surface area contributed by atoms with Gasteiger partial charge < -0.3 is 15.0 Å². The Morgan fingerprint density at radius 1 is 1.09 bits per heavy atom. The first-order chi connectivity index (χ1) is 10.2. The number of likely N-dealkylation sites (tertiary alicyclic amines) is 2. The summed E-state index contributed by atoms with van der Waals surface area (Å²) in [6, 6.07) is 0.696. The van der Waals surface area contributed by atoms with Gasteiger partial charge in [-0.1, -0.05) is 0 Å². The summed E-state index contributed by atoms with van der Waals surface area (Å²) >= 11 is 0. The van der Waals surface area contributed by atoms with Crippen molar-refractivity contribution in [3.8, 4) is 0 Å². The van der Waals surface area contributed by atoms with Crippen molar-refractivity contribution in [1.29, 1.82) is 0 Å². The number of hydrogen-bond acceptors (Lipinski definition) is 4. The van der Waals surface area contributed by atoms with Gasteiger partial charge in [-0.05, 0) is 40.0 Å². The Hall–Kier alpha value is -1.30. The molecule has 0 aromatic heterocycles. The van der Waals surface area contributed by atoms with Crippen molar-refractivity contribution in [1.82, 2.24) is 15.1 Å².